The number of carbonyl (C=O) groups is 1. The monoisotopic (exact) mass is 347 g/mol. The lowest BCUT2D eigenvalue weighted by Crippen LogP contribution is -2.36. The molecule has 4 nitrogen and oxygen atoms in total. The van der Waals surface area contributed by atoms with Gasteiger partial charge in [0.2, 0.25) is 0 Å². The summed E-state index contributed by atoms with van der Waals surface area (Å²) in [5.41, 5.74) is 6.44. The fourth-order valence-electron chi connectivity index (χ4n) is 3.51. The van der Waals surface area contributed by atoms with Crippen LogP contribution in [0.1, 0.15) is 39.3 Å². The van der Waals surface area contributed by atoms with E-state index < -0.39 is 0 Å². The number of carbonyl (C=O) groups excluding carboxylic acids is 1. The molecule has 130 valence electrons. The number of aromatic nitrogens is 1. The normalized spacial score (nSPS) is 16.8. The molecule has 0 radical (unpaired) electrons. The molecule has 2 aromatic rings. The van der Waals surface area contributed by atoms with E-state index in [0.29, 0.717) is 0 Å². The molecule has 1 amide bonds. The van der Waals surface area contributed by atoms with Crippen LogP contribution < -0.4 is 10.6 Å². The highest BCUT2D eigenvalue weighted by Crippen LogP contribution is 2.23. The number of nitrogens with zero attached hydrogens (tertiary/aromatic N) is 1. The summed E-state index contributed by atoms with van der Waals surface area (Å²) in [4.78, 5) is 12.6. The number of amides is 1. The van der Waals surface area contributed by atoms with Crippen molar-refractivity contribution in [1.82, 2.24) is 15.2 Å². The predicted molar refractivity (Wildman–Crippen MR) is 101 cm³/mol. The van der Waals surface area contributed by atoms with Crippen molar-refractivity contribution in [2.75, 3.05) is 13.1 Å². The number of halogens is 1. The van der Waals surface area contributed by atoms with Crippen molar-refractivity contribution in [2.24, 2.45) is 0 Å². The van der Waals surface area contributed by atoms with E-state index >= 15 is 0 Å². The molecule has 1 aromatic heterocycles. The van der Waals surface area contributed by atoms with E-state index in [9.17, 15) is 4.79 Å². The van der Waals surface area contributed by atoms with E-state index in [-0.39, 0.29) is 24.4 Å². The second-order valence-corrected chi connectivity index (χ2v) is 6.63. The molecular formula is C19H26ClN3O. The van der Waals surface area contributed by atoms with Gasteiger partial charge >= 0.3 is 0 Å². The third-order valence-corrected chi connectivity index (χ3v) is 4.54. The van der Waals surface area contributed by atoms with Gasteiger partial charge in [-0.25, -0.2) is 0 Å². The summed E-state index contributed by atoms with van der Waals surface area (Å²) in [7, 11) is 0. The van der Waals surface area contributed by atoms with Gasteiger partial charge in [-0.1, -0.05) is 6.07 Å². The van der Waals surface area contributed by atoms with E-state index in [1.807, 2.05) is 13.0 Å². The van der Waals surface area contributed by atoms with Crippen LogP contribution in [0.4, 0.5) is 0 Å². The summed E-state index contributed by atoms with van der Waals surface area (Å²) in [5, 5.41) is 6.41. The Hall–Kier alpha value is -1.78. The Morgan fingerprint density at radius 2 is 1.79 bits per heavy atom. The van der Waals surface area contributed by atoms with E-state index in [0.717, 1.165) is 42.1 Å². The van der Waals surface area contributed by atoms with Crippen molar-refractivity contribution in [1.29, 1.82) is 0 Å². The lowest BCUT2D eigenvalue weighted by molar-refractivity contribution is 0.0939. The van der Waals surface area contributed by atoms with Crippen molar-refractivity contribution in [3.8, 4) is 5.69 Å². The van der Waals surface area contributed by atoms with Gasteiger partial charge in [0.15, 0.2) is 0 Å². The molecule has 1 fully saturated rings. The van der Waals surface area contributed by atoms with E-state index in [4.69, 9.17) is 0 Å². The number of nitrogens with one attached hydrogen (secondary N) is 2. The highest BCUT2D eigenvalue weighted by atomic mass is 35.5. The largest absolute Gasteiger partial charge is 0.348 e. The summed E-state index contributed by atoms with van der Waals surface area (Å²) in [5.74, 6) is 0.0300. The molecule has 3 rings (SSSR count). The van der Waals surface area contributed by atoms with Gasteiger partial charge in [-0.2, -0.15) is 0 Å². The molecule has 1 saturated heterocycles. The van der Waals surface area contributed by atoms with Gasteiger partial charge in [0.05, 0.1) is 5.56 Å². The highest BCUT2D eigenvalue weighted by Gasteiger charge is 2.21. The van der Waals surface area contributed by atoms with E-state index in [1.54, 1.807) is 0 Å². The summed E-state index contributed by atoms with van der Waals surface area (Å²) < 4.78 is 2.17. The van der Waals surface area contributed by atoms with Crippen molar-refractivity contribution < 1.29 is 4.79 Å². The van der Waals surface area contributed by atoms with E-state index in [2.05, 4.69) is 54.2 Å². The van der Waals surface area contributed by atoms with Crippen molar-refractivity contribution in [2.45, 2.75) is 40.2 Å². The summed E-state index contributed by atoms with van der Waals surface area (Å²) >= 11 is 0. The van der Waals surface area contributed by atoms with Gasteiger partial charge < -0.3 is 15.2 Å². The van der Waals surface area contributed by atoms with Crippen molar-refractivity contribution >= 4 is 18.3 Å². The Bertz CT molecular complexity index is 725. The third kappa shape index (κ3) is 3.65. The first-order chi connectivity index (χ1) is 11.0. The van der Waals surface area contributed by atoms with Crippen LogP contribution in [-0.4, -0.2) is 29.6 Å². The fraction of sp³-hybridized carbons (Fsp3) is 0.421. The SMILES string of the molecule is Cc1cc(C)cc(-n2c(C)cc(C(=O)NC3CCNC3)c2C)c1.Cl. The Morgan fingerprint density at radius 3 is 2.38 bits per heavy atom. The molecule has 0 aliphatic carbocycles. The number of benzene rings is 1. The maximum atomic E-state index is 12.6. The van der Waals surface area contributed by atoms with Gasteiger partial charge in [-0.15, -0.1) is 12.4 Å². The minimum absolute atomic E-state index is 0. The lowest BCUT2D eigenvalue weighted by atomic mass is 10.1. The molecule has 0 bridgehead atoms. The van der Waals surface area contributed by atoms with Crippen LogP contribution in [0.25, 0.3) is 5.69 Å². The van der Waals surface area contributed by atoms with Crippen LogP contribution in [-0.2, 0) is 0 Å². The Morgan fingerprint density at radius 1 is 1.12 bits per heavy atom. The predicted octanol–water partition coefficient (Wildman–Crippen LogP) is 3.22. The Labute approximate surface area is 150 Å². The maximum Gasteiger partial charge on any atom is 0.253 e. The summed E-state index contributed by atoms with van der Waals surface area (Å²) in [6.45, 7) is 10.1. The maximum absolute atomic E-state index is 12.6. The van der Waals surface area contributed by atoms with Crippen LogP contribution in [0.5, 0.6) is 0 Å². The van der Waals surface area contributed by atoms with Crippen LogP contribution in [0.15, 0.2) is 24.3 Å². The molecule has 1 aliphatic rings. The Balaban J connectivity index is 0.00000208. The van der Waals surface area contributed by atoms with Crippen molar-refractivity contribution in [3.63, 3.8) is 0 Å². The molecule has 1 unspecified atom stereocenters. The second-order valence-electron chi connectivity index (χ2n) is 6.63. The zero-order valence-corrected chi connectivity index (χ0v) is 15.6. The number of hydrogen-bond acceptors (Lipinski definition) is 2. The zero-order valence-electron chi connectivity index (χ0n) is 14.8. The molecule has 1 aromatic carbocycles. The lowest BCUT2D eigenvalue weighted by Gasteiger charge is -2.13. The molecule has 1 atom stereocenters. The molecule has 2 N–H and O–H groups in total. The molecule has 0 saturated carbocycles. The summed E-state index contributed by atoms with van der Waals surface area (Å²) in [6.07, 6.45) is 1.00. The van der Waals surface area contributed by atoms with Crippen LogP contribution in [0.3, 0.4) is 0 Å². The average molecular weight is 348 g/mol. The van der Waals surface area contributed by atoms with Gasteiger partial charge in [0, 0.05) is 29.7 Å². The first kappa shape index (κ1) is 18.6. The molecule has 2 heterocycles. The minimum Gasteiger partial charge on any atom is -0.348 e. The van der Waals surface area contributed by atoms with Gasteiger partial charge in [0.1, 0.15) is 0 Å². The molecule has 5 heteroatoms. The quantitative estimate of drug-likeness (QED) is 0.895. The number of aryl methyl sites for hydroxylation is 3. The Kier molecular flexibility index (Phi) is 5.73. The molecule has 1 aliphatic heterocycles. The first-order valence-electron chi connectivity index (χ1n) is 8.25. The molecule has 0 spiro atoms. The van der Waals surface area contributed by atoms with Crippen molar-refractivity contribution in [3.05, 3.63) is 52.3 Å². The standard InChI is InChI=1S/C19H25N3O.ClH/c1-12-7-13(2)9-17(8-12)22-14(3)10-18(15(22)4)19(23)21-16-5-6-20-11-16;/h7-10,16,20H,5-6,11H2,1-4H3,(H,21,23);1H. The minimum atomic E-state index is 0. The average Bonchev–Trinajstić information content (AvgIpc) is 3.06. The number of rotatable bonds is 3. The summed E-state index contributed by atoms with van der Waals surface area (Å²) in [6, 6.07) is 8.72. The molecule has 24 heavy (non-hydrogen) atoms. The highest BCUT2D eigenvalue weighted by molar-refractivity contribution is 5.96. The smallest absolute Gasteiger partial charge is 0.253 e. The number of hydrogen-bond donors (Lipinski definition) is 2. The molecular weight excluding hydrogens is 322 g/mol. The first-order valence-corrected chi connectivity index (χ1v) is 8.25. The zero-order chi connectivity index (χ0) is 16.6. The van der Waals surface area contributed by atoms with Crippen LogP contribution in [0, 0.1) is 27.7 Å². The van der Waals surface area contributed by atoms with E-state index in [1.165, 1.54) is 11.1 Å². The van der Waals surface area contributed by atoms with Gasteiger partial charge in [0.25, 0.3) is 5.91 Å². The van der Waals surface area contributed by atoms with Gasteiger partial charge in [-0.05, 0) is 70.0 Å². The topological polar surface area (TPSA) is 46.1 Å². The second kappa shape index (κ2) is 7.41. The van der Waals surface area contributed by atoms with Crippen LogP contribution >= 0.6 is 12.4 Å². The van der Waals surface area contributed by atoms with Gasteiger partial charge in [-0.3, -0.25) is 4.79 Å². The third-order valence-electron chi connectivity index (χ3n) is 4.54. The fourth-order valence-corrected chi connectivity index (χ4v) is 3.51. The van der Waals surface area contributed by atoms with Crippen LogP contribution in [0.2, 0.25) is 0 Å².